The Kier molecular flexibility index (Phi) is 4.42. The average Bonchev–Trinajstić information content (AvgIpc) is 2.30. The molecule has 0 spiro atoms. The first-order valence-electron chi connectivity index (χ1n) is 5.39. The predicted molar refractivity (Wildman–Crippen MR) is 61.2 cm³/mol. The van der Waals surface area contributed by atoms with Crippen molar-refractivity contribution >= 4 is 0 Å². The van der Waals surface area contributed by atoms with Crippen LogP contribution in [0, 0.1) is 34.5 Å². The Balaban J connectivity index is 2.53. The minimum atomic E-state index is 0.297. The van der Waals surface area contributed by atoms with E-state index in [0.717, 1.165) is 25.7 Å². The summed E-state index contributed by atoms with van der Waals surface area (Å²) in [5.74, 6) is 0.594. The lowest BCUT2D eigenvalue weighted by Gasteiger charge is -2.28. The molecule has 1 fully saturated rings. The van der Waals surface area contributed by atoms with E-state index in [1.807, 2.05) is 12.1 Å². The molecule has 0 aromatic carbocycles. The summed E-state index contributed by atoms with van der Waals surface area (Å²) in [6.45, 7) is 0. The van der Waals surface area contributed by atoms with Gasteiger partial charge in [-0.1, -0.05) is 0 Å². The van der Waals surface area contributed by atoms with Gasteiger partial charge in [0.2, 0.25) is 0 Å². The second kappa shape index (κ2) is 5.82. The summed E-state index contributed by atoms with van der Waals surface area (Å²) in [7, 11) is 0. The molecule has 0 saturated heterocycles. The second-order valence-electron chi connectivity index (χ2n) is 4.10. The van der Waals surface area contributed by atoms with Crippen molar-refractivity contribution in [3.05, 3.63) is 23.5 Å². The molecule has 0 bridgehead atoms. The molecule has 4 heteroatoms. The van der Waals surface area contributed by atoms with Crippen LogP contribution >= 0.6 is 0 Å². The molecule has 1 rings (SSSR count). The number of nitrogens with zero attached hydrogens (tertiary/aromatic N) is 2. The fraction of sp³-hybridized carbons (Fsp3) is 0.500. The molecule has 0 aromatic rings. The van der Waals surface area contributed by atoms with E-state index in [9.17, 15) is 0 Å². The van der Waals surface area contributed by atoms with E-state index in [2.05, 4.69) is 0 Å². The van der Waals surface area contributed by atoms with Gasteiger partial charge in [0.25, 0.3) is 0 Å². The van der Waals surface area contributed by atoms with Gasteiger partial charge in [-0.3, -0.25) is 0 Å². The molecule has 1 saturated carbocycles. The first-order chi connectivity index (χ1) is 7.69. The van der Waals surface area contributed by atoms with Gasteiger partial charge in [-0.05, 0) is 37.5 Å². The van der Waals surface area contributed by atoms with Crippen molar-refractivity contribution in [2.75, 3.05) is 0 Å². The Labute approximate surface area is 95.8 Å². The van der Waals surface area contributed by atoms with E-state index in [1.165, 1.54) is 12.2 Å². The zero-order valence-corrected chi connectivity index (χ0v) is 9.19. The zero-order chi connectivity index (χ0) is 12.0. The van der Waals surface area contributed by atoms with Gasteiger partial charge in [0.1, 0.15) is 0 Å². The molecule has 16 heavy (non-hydrogen) atoms. The molecular weight excluding hydrogens is 200 g/mol. The lowest BCUT2D eigenvalue weighted by atomic mass is 9.79. The molecule has 4 nitrogen and oxygen atoms in total. The van der Waals surface area contributed by atoms with Crippen molar-refractivity contribution in [2.45, 2.75) is 25.7 Å². The summed E-state index contributed by atoms with van der Waals surface area (Å²) in [6, 6.07) is 3.91. The summed E-state index contributed by atoms with van der Waals surface area (Å²) in [4.78, 5) is 0. The van der Waals surface area contributed by atoms with Gasteiger partial charge in [0, 0.05) is 23.5 Å². The number of rotatable bonds is 2. The second-order valence-corrected chi connectivity index (χ2v) is 4.10. The van der Waals surface area contributed by atoms with E-state index >= 15 is 0 Å². The fourth-order valence-electron chi connectivity index (χ4n) is 2.14. The average molecular weight is 216 g/mol. The van der Waals surface area contributed by atoms with Crippen LogP contribution in [0.3, 0.4) is 0 Å². The van der Waals surface area contributed by atoms with E-state index in [4.69, 9.17) is 22.0 Å². The van der Waals surface area contributed by atoms with Crippen LogP contribution in [-0.4, -0.2) is 0 Å². The number of hydrogen-bond donors (Lipinski definition) is 2. The van der Waals surface area contributed by atoms with Crippen LogP contribution < -0.4 is 11.5 Å². The number of allylic oxidation sites excluding steroid dienone is 4. The predicted octanol–water partition coefficient (Wildman–Crippen LogP) is 1.53. The summed E-state index contributed by atoms with van der Waals surface area (Å²) in [5.41, 5.74) is 12.9. The van der Waals surface area contributed by atoms with E-state index in [0.29, 0.717) is 23.2 Å². The minimum Gasteiger partial charge on any atom is -0.401 e. The van der Waals surface area contributed by atoms with E-state index in [1.54, 1.807) is 0 Å². The Morgan fingerprint density at radius 1 is 0.875 bits per heavy atom. The standard InChI is InChI=1S/C12H16N4/c13-7-5-11(15)9-1-2-10(4-3-9)12(16)6-8-14/h5-6,9-10H,1-4,15-16H2. The van der Waals surface area contributed by atoms with Crippen LogP contribution in [-0.2, 0) is 0 Å². The van der Waals surface area contributed by atoms with Gasteiger partial charge in [-0.2, -0.15) is 10.5 Å². The van der Waals surface area contributed by atoms with Crippen molar-refractivity contribution in [3.63, 3.8) is 0 Å². The largest absolute Gasteiger partial charge is 0.401 e. The van der Waals surface area contributed by atoms with Crippen LogP contribution in [0.15, 0.2) is 23.5 Å². The van der Waals surface area contributed by atoms with E-state index in [-0.39, 0.29) is 0 Å². The molecule has 1 aliphatic carbocycles. The molecule has 1 aliphatic rings. The highest BCUT2D eigenvalue weighted by Crippen LogP contribution is 2.33. The third kappa shape index (κ3) is 3.03. The first kappa shape index (κ1) is 12.1. The van der Waals surface area contributed by atoms with Crippen LogP contribution in [0.2, 0.25) is 0 Å². The molecule has 4 N–H and O–H groups in total. The van der Waals surface area contributed by atoms with Crippen LogP contribution in [0.4, 0.5) is 0 Å². The van der Waals surface area contributed by atoms with Crippen LogP contribution in [0.5, 0.6) is 0 Å². The van der Waals surface area contributed by atoms with Gasteiger partial charge < -0.3 is 11.5 Å². The van der Waals surface area contributed by atoms with Crippen LogP contribution in [0.1, 0.15) is 25.7 Å². The highest BCUT2D eigenvalue weighted by atomic mass is 14.6. The Bertz CT molecular complexity index is 335. The maximum Gasteiger partial charge on any atom is 0.0930 e. The van der Waals surface area contributed by atoms with Crippen molar-refractivity contribution in [1.82, 2.24) is 0 Å². The normalized spacial score (nSPS) is 26.9. The first-order valence-corrected chi connectivity index (χ1v) is 5.39. The lowest BCUT2D eigenvalue weighted by molar-refractivity contribution is 0.330. The van der Waals surface area contributed by atoms with Gasteiger partial charge >= 0.3 is 0 Å². The molecule has 0 radical (unpaired) electrons. The Hall–Kier alpha value is -1.94. The van der Waals surface area contributed by atoms with Crippen molar-refractivity contribution in [3.8, 4) is 12.1 Å². The smallest absolute Gasteiger partial charge is 0.0930 e. The number of hydrogen-bond acceptors (Lipinski definition) is 4. The molecule has 0 amide bonds. The van der Waals surface area contributed by atoms with Gasteiger partial charge in [-0.25, -0.2) is 0 Å². The molecule has 0 unspecified atom stereocenters. The zero-order valence-electron chi connectivity index (χ0n) is 9.19. The van der Waals surface area contributed by atoms with Crippen LogP contribution in [0.25, 0.3) is 0 Å². The maximum absolute atomic E-state index is 8.51. The van der Waals surface area contributed by atoms with Gasteiger partial charge in [0.05, 0.1) is 12.1 Å². The highest BCUT2D eigenvalue weighted by molar-refractivity contribution is 5.16. The highest BCUT2D eigenvalue weighted by Gasteiger charge is 2.23. The molecular formula is C12H16N4. The molecule has 84 valence electrons. The topological polar surface area (TPSA) is 99.6 Å². The third-order valence-corrected chi connectivity index (χ3v) is 3.13. The fourth-order valence-corrected chi connectivity index (χ4v) is 2.14. The van der Waals surface area contributed by atoms with E-state index < -0.39 is 0 Å². The summed E-state index contributed by atoms with van der Waals surface area (Å²) < 4.78 is 0. The maximum atomic E-state index is 8.51. The Morgan fingerprint density at radius 3 is 1.44 bits per heavy atom. The van der Waals surface area contributed by atoms with Gasteiger partial charge in [-0.15, -0.1) is 0 Å². The number of nitrogens with two attached hydrogens (primary N) is 2. The van der Waals surface area contributed by atoms with Crippen molar-refractivity contribution in [1.29, 1.82) is 10.5 Å². The molecule has 0 atom stereocenters. The molecule has 0 aromatic heterocycles. The molecule has 0 heterocycles. The number of nitriles is 2. The quantitative estimate of drug-likeness (QED) is 0.683. The monoisotopic (exact) mass is 216 g/mol. The minimum absolute atomic E-state index is 0.297. The lowest BCUT2D eigenvalue weighted by Crippen LogP contribution is -2.23. The summed E-state index contributed by atoms with van der Waals surface area (Å²) in [5, 5.41) is 17.0. The Morgan fingerprint density at radius 2 is 1.19 bits per heavy atom. The SMILES string of the molecule is N#CC=C(N)C1CCC(C(N)=CC#N)CC1. The summed E-state index contributed by atoms with van der Waals surface area (Å²) in [6.07, 6.45) is 6.59. The third-order valence-electron chi connectivity index (χ3n) is 3.13. The molecule has 0 aliphatic heterocycles. The van der Waals surface area contributed by atoms with Crippen molar-refractivity contribution < 1.29 is 0 Å². The van der Waals surface area contributed by atoms with Gasteiger partial charge in [0.15, 0.2) is 0 Å². The summed E-state index contributed by atoms with van der Waals surface area (Å²) >= 11 is 0. The van der Waals surface area contributed by atoms with Crippen molar-refractivity contribution in [2.24, 2.45) is 23.3 Å².